The van der Waals surface area contributed by atoms with Crippen molar-refractivity contribution in [1.29, 1.82) is 0 Å². The van der Waals surface area contributed by atoms with Crippen LogP contribution in [-0.2, 0) is 13.0 Å². The maximum absolute atomic E-state index is 12.2. The number of aromatic nitrogens is 4. The third-order valence-corrected chi connectivity index (χ3v) is 2.88. The minimum absolute atomic E-state index is 0.189. The molecule has 2 rings (SSSR count). The Morgan fingerprint density at radius 2 is 2.22 bits per heavy atom. The number of hydrogen-bond donors (Lipinski definition) is 3. The van der Waals surface area contributed by atoms with E-state index in [1.54, 1.807) is 6.92 Å². The number of aromatic amines is 1. The average molecular weight is 330 g/mol. The Labute approximate surface area is 130 Å². The first kappa shape index (κ1) is 16.8. The first-order valence-corrected chi connectivity index (χ1v) is 6.89. The van der Waals surface area contributed by atoms with Crippen LogP contribution in [0.4, 0.5) is 23.7 Å². The maximum Gasteiger partial charge on any atom is 0.408 e. The zero-order valence-corrected chi connectivity index (χ0v) is 12.6. The Hall–Kier alpha value is -2.52. The first-order valence-electron chi connectivity index (χ1n) is 6.89. The van der Waals surface area contributed by atoms with Gasteiger partial charge in [0.05, 0.1) is 17.6 Å². The summed E-state index contributed by atoms with van der Waals surface area (Å²) in [5.74, 6) is 0. The summed E-state index contributed by atoms with van der Waals surface area (Å²) in [7, 11) is 0. The number of urea groups is 1. The zero-order valence-electron chi connectivity index (χ0n) is 12.6. The van der Waals surface area contributed by atoms with Crippen LogP contribution in [0.3, 0.4) is 0 Å². The van der Waals surface area contributed by atoms with E-state index in [1.165, 1.54) is 0 Å². The summed E-state index contributed by atoms with van der Waals surface area (Å²) in [6.07, 6.45) is -1.55. The van der Waals surface area contributed by atoms with Crippen LogP contribution in [-0.4, -0.2) is 38.2 Å². The van der Waals surface area contributed by atoms with Gasteiger partial charge in [0.1, 0.15) is 6.54 Å². The number of rotatable bonds is 5. The Morgan fingerprint density at radius 1 is 1.48 bits per heavy atom. The van der Waals surface area contributed by atoms with Gasteiger partial charge in [-0.15, -0.1) is 0 Å². The quantitative estimate of drug-likeness (QED) is 0.785. The summed E-state index contributed by atoms with van der Waals surface area (Å²) in [6, 6.07) is 1.16. The van der Waals surface area contributed by atoms with E-state index in [-0.39, 0.29) is 11.7 Å². The fourth-order valence-electron chi connectivity index (χ4n) is 2.03. The van der Waals surface area contributed by atoms with Gasteiger partial charge in [-0.1, -0.05) is 0 Å². The minimum atomic E-state index is -4.36. The topological polar surface area (TPSA) is 87.6 Å². The van der Waals surface area contributed by atoms with Gasteiger partial charge < -0.3 is 10.6 Å². The summed E-state index contributed by atoms with van der Waals surface area (Å²) in [5, 5.41) is 15.5. The van der Waals surface area contributed by atoms with Crippen LogP contribution in [0.2, 0.25) is 0 Å². The number of nitrogens with zero attached hydrogens (tertiary/aromatic N) is 3. The van der Waals surface area contributed by atoms with Gasteiger partial charge in [-0.3, -0.25) is 9.78 Å². The third kappa shape index (κ3) is 5.64. The lowest BCUT2D eigenvalue weighted by Gasteiger charge is -2.12. The summed E-state index contributed by atoms with van der Waals surface area (Å²) in [4.78, 5) is 11.8. The molecule has 0 aliphatic rings. The van der Waals surface area contributed by atoms with E-state index in [2.05, 4.69) is 25.9 Å². The van der Waals surface area contributed by atoms with E-state index in [1.807, 2.05) is 13.0 Å². The molecule has 126 valence electrons. The van der Waals surface area contributed by atoms with Gasteiger partial charge >= 0.3 is 12.2 Å². The highest BCUT2D eigenvalue weighted by molar-refractivity contribution is 5.89. The average Bonchev–Trinajstić information content (AvgIpc) is 2.96. The van der Waals surface area contributed by atoms with Gasteiger partial charge in [0.2, 0.25) is 0 Å². The van der Waals surface area contributed by atoms with E-state index in [4.69, 9.17) is 0 Å². The van der Waals surface area contributed by atoms with Crippen LogP contribution >= 0.6 is 0 Å². The molecule has 0 aromatic carbocycles. The highest BCUT2D eigenvalue weighted by Crippen LogP contribution is 2.18. The molecule has 10 heteroatoms. The summed E-state index contributed by atoms with van der Waals surface area (Å²) in [6.45, 7) is 2.47. The van der Waals surface area contributed by atoms with Crippen LogP contribution in [0.25, 0.3) is 0 Å². The monoisotopic (exact) mass is 330 g/mol. The molecule has 0 aliphatic heterocycles. The van der Waals surface area contributed by atoms with Crippen molar-refractivity contribution >= 4 is 11.7 Å². The number of aryl methyl sites for hydroxylation is 1. The summed E-state index contributed by atoms with van der Waals surface area (Å²) >= 11 is 0. The zero-order chi connectivity index (χ0) is 17.0. The Morgan fingerprint density at radius 3 is 2.83 bits per heavy atom. The van der Waals surface area contributed by atoms with Crippen LogP contribution in [0.15, 0.2) is 18.5 Å². The van der Waals surface area contributed by atoms with Gasteiger partial charge in [0.15, 0.2) is 0 Å². The third-order valence-electron chi connectivity index (χ3n) is 2.88. The van der Waals surface area contributed by atoms with Crippen molar-refractivity contribution < 1.29 is 18.0 Å². The molecule has 0 saturated heterocycles. The number of nitrogens with one attached hydrogen (secondary N) is 3. The molecule has 0 unspecified atom stereocenters. The molecule has 0 fully saturated rings. The highest BCUT2D eigenvalue weighted by atomic mass is 19.4. The van der Waals surface area contributed by atoms with E-state index >= 15 is 0 Å². The maximum atomic E-state index is 12.2. The van der Waals surface area contributed by atoms with Crippen molar-refractivity contribution in [2.75, 3.05) is 5.32 Å². The number of halogens is 3. The van der Waals surface area contributed by atoms with Gasteiger partial charge in [-0.25, -0.2) is 4.79 Å². The number of alkyl halides is 3. The molecular formula is C13H17F3N6O. The summed E-state index contributed by atoms with van der Waals surface area (Å²) in [5.41, 5.74) is 1.93. The highest BCUT2D eigenvalue weighted by Gasteiger charge is 2.28. The molecule has 1 atom stereocenters. The smallest absolute Gasteiger partial charge is 0.335 e. The molecule has 2 amide bonds. The largest absolute Gasteiger partial charge is 0.408 e. The SMILES string of the molecule is Cc1cc(C[C@@H](C)NC(=O)Nc2cnn(CC(F)(F)F)c2)n[nH]1. The molecule has 3 N–H and O–H groups in total. The number of carbonyl (C=O) groups is 1. The van der Waals surface area contributed by atoms with Crippen molar-refractivity contribution in [3.63, 3.8) is 0 Å². The molecule has 0 saturated carbocycles. The molecule has 2 aromatic heterocycles. The predicted octanol–water partition coefficient (Wildman–Crippen LogP) is 2.23. The van der Waals surface area contributed by atoms with Crippen molar-refractivity contribution in [2.24, 2.45) is 0 Å². The second-order valence-corrected chi connectivity index (χ2v) is 5.29. The second-order valence-electron chi connectivity index (χ2n) is 5.29. The normalized spacial score (nSPS) is 12.9. The lowest BCUT2D eigenvalue weighted by atomic mass is 10.2. The Kier molecular flexibility index (Phi) is 4.92. The van der Waals surface area contributed by atoms with Crippen molar-refractivity contribution in [3.05, 3.63) is 29.8 Å². The van der Waals surface area contributed by atoms with E-state index in [0.717, 1.165) is 23.8 Å². The Bertz CT molecular complexity index is 663. The van der Waals surface area contributed by atoms with Gasteiger partial charge in [-0.05, 0) is 19.9 Å². The van der Waals surface area contributed by atoms with Crippen LogP contribution < -0.4 is 10.6 Å². The van der Waals surface area contributed by atoms with Gasteiger partial charge in [0.25, 0.3) is 0 Å². The van der Waals surface area contributed by atoms with E-state index in [0.29, 0.717) is 11.1 Å². The lowest BCUT2D eigenvalue weighted by Crippen LogP contribution is -2.37. The minimum Gasteiger partial charge on any atom is -0.335 e. The molecule has 0 spiro atoms. The first-order chi connectivity index (χ1) is 10.7. The number of H-pyrrole nitrogens is 1. The van der Waals surface area contributed by atoms with Crippen LogP contribution in [0.5, 0.6) is 0 Å². The molecule has 7 nitrogen and oxygen atoms in total. The molecule has 2 heterocycles. The second kappa shape index (κ2) is 6.71. The van der Waals surface area contributed by atoms with Crippen LogP contribution in [0.1, 0.15) is 18.3 Å². The fourth-order valence-corrected chi connectivity index (χ4v) is 2.03. The molecule has 0 aliphatic carbocycles. The van der Waals surface area contributed by atoms with E-state index < -0.39 is 18.8 Å². The summed E-state index contributed by atoms with van der Waals surface area (Å²) < 4.78 is 37.4. The van der Waals surface area contributed by atoms with Gasteiger partial charge in [-0.2, -0.15) is 23.4 Å². The number of amides is 2. The number of anilines is 1. The molecule has 23 heavy (non-hydrogen) atoms. The van der Waals surface area contributed by atoms with E-state index in [9.17, 15) is 18.0 Å². The van der Waals surface area contributed by atoms with Crippen molar-refractivity contribution in [2.45, 2.75) is 39.0 Å². The van der Waals surface area contributed by atoms with Crippen molar-refractivity contribution in [1.82, 2.24) is 25.3 Å². The lowest BCUT2D eigenvalue weighted by molar-refractivity contribution is -0.142. The Balaban J connectivity index is 1.82. The number of hydrogen-bond acceptors (Lipinski definition) is 3. The standard InChI is InChI=1S/C13H17F3N6O/c1-8(3-10-4-9(2)20-21-10)18-12(23)19-11-5-17-22(6-11)7-13(14,15)16/h4-6,8H,3,7H2,1-2H3,(H,20,21)(H2,18,19,23)/t8-/m1/s1. The molecular weight excluding hydrogens is 313 g/mol. The van der Waals surface area contributed by atoms with Crippen LogP contribution in [0, 0.1) is 6.92 Å². The predicted molar refractivity (Wildman–Crippen MR) is 76.9 cm³/mol. The van der Waals surface area contributed by atoms with Crippen molar-refractivity contribution in [3.8, 4) is 0 Å². The molecule has 0 radical (unpaired) electrons. The fraction of sp³-hybridized carbons (Fsp3) is 0.462. The molecule has 2 aromatic rings. The number of carbonyl (C=O) groups excluding carboxylic acids is 1. The molecule has 0 bridgehead atoms. The van der Waals surface area contributed by atoms with Gasteiger partial charge in [0, 0.05) is 24.4 Å².